The Balaban J connectivity index is 1.53. The molecule has 0 unspecified atom stereocenters. The van der Waals surface area contributed by atoms with Crippen molar-refractivity contribution in [1.82, 2.24) is 19.0 Å². The molecule has 0 saturated heterocycles. The number of aromatic nitrogens is 4. The maximum Gasteiger partial charge on any atom is 0.196 e. The van der Waals surface area contributed by atoms with Crippen LogP contribution in [0.2, 0.25) is 0 Å². The molecule has 4 aromatic heterocycles. The Bertz CT molecular complexity index is 1140. The second-order valence-electron chi connectivity index (χ2n) is 5.74. The molecule has 0 amide bonds. The lowest BCUT2D eigenvalue weighted by atomic mass is 10.2. The smallest absolute Gasteiger partial charge is 0.196 e. The maximum absolute atomic E-state index is 4.38. The van der Waals surface area contributed by atoms with Crippen LogP contribution in [-0.2, 0) is 5.75 Å². The molecule has 5 heteroatoms. The molecule has 5 rings (SSSR count). The summed E-state index contributed by atoms with van der Waals surface area (Å²) in [6.45, 7) is 0. The van der Waals surface area contributed by atoms with Gasteiger partial charge in [-0.3, -0.25) is 4.40 Å². The van der Waals surface area contributed by atoms with Gasteiger partial charge in [0.1, 0.15) is 0 Å². The summed E-state index contributed by atoms with van der Waals surface area (Å²) in [5.41, 5.74) is 4.52. The van der Waals surface area contributed by atoms with E-state index in [4.69, 9.17) is 0 Å². The maximum atomic E-state index is 4.38. The molecule has 116 valence electrons. The van der Waals surface area contributed by atoms with Gasteiger partial charge in [-0.2, -0.15) is 0 Å². The van der Waals surface area contributed by atoms with Crippen molar-refractivity contribution in [3.05, 3.63) is 78.6 Å². The summed E-state index contributed by atoms with van der Waals surface area (Å²) in [7, 11) is 0. The molecule has 4 nitrogen and oxygen atoms in total. The van der Waals surface area contributed by atoms with Crippen LogP contribution in [0.4, 0.5) is 0 Å². The molecule has 0 radical (unpaired) electrons. The zero-order chi connectivity index (χ0) is 15.9. The fourth-order valence-corrected chi connectivity index (χ4v) is 3.92. The Morgan fingerprint density at radius 3 is 2.79 bits per heavy atom. The standard InChI is InChI=1S/C19H14N4S/c1-2-7-17-15(5-1)8-9-18-20-21-19(23(17)18)24-13-14-11-16-6-3-4-10-22(16)12-14/h1-12H,13H2. The minimum atomic E-state index is 0.867. The van der Waals surface area contributed by atoms with E-state index in [0.717, 1.165) is 22.1 Å². The average Bonchev–Trinajstić information content (AvgIpc) is 3.23. The Labute approximate surface area is 142 Å². The number of para-hydroxylation sites is 1. The van der Waals surface area contributed by atoms with Crippen molar-refractivity contribution in [3.63, 3.8) is 0 Å². The fraction of sp³-hybridized carbons (Fsp3) is 0.0526. The van der Waals surface area contributed by atoms with E-state index in [9.17, 15) is 0 Å². The van der Waals surface area contributed by atoms with Crippen LogP contribution in [0, 0.1) is 0 Å². The summed E-state index contributed by atoms with van der Waals surface area (Å²) in [4.78, 5) is 0. The average molecular weight is 330 g/mol. The first-order chi connectivity index (χ1) is 11.9. The Morgan fingerprint density at radius 1 is 0.917 bits per heavy atom. The number of pyridine rings is 2. The van der Waals surface area contributed by atoms with Gasteiger partial charge in [-0.05, 0) is 47.3 Å². The normalized spacial score (nSPS) is 11.7. The summed E-state index contributed by atoms with van der Waals surface area (Å²) >= 11 is 1.72. The highest BCUT2D eigenvalue weighted by molar-refractivity contribution is 7.98. The van der Waals surface area contributed by atoms with Crippen molar-refractivity contribution in [2.75, 3.05) is 0 Å². The molecule has 0 aliphatic carbocycles. The van der Waals surface area contributed by atoms with Crippen LogP contribution in [0.5, 0.6) is 0 Å². The molecule has 0 aliphatic rings. The van der Waals surface area contributed by atoms with Crippen LogP contribution in [0.3, 0.4) is 0 Å². The molecule has 24 heavy (non-hydrogen) atoms. The summed E-state index contributed by atoms with van der Waals surface area (Å²) in [5.74, 6) is 0.867. The fourth-order valence-electron chi connectivity index (χ4n) is 3.05. The van der Waals surface area contributed by atoms with Crippen LogP contribution in [-0.4, -0.2) is 19.0 Å². The van der Waals surface area contributed by atoms with Crippen LogP contribution in [0.25, 0.3) is 22.1 Å². The third-order valence-corrected chi connectivity index (χ3v) is 5.18. The molecule has 0 fully saturated rings. The topological polar surface area (TPSA) is 34.6 Å². The first kappa shape index (κ1) is 13.6. The van der Waals surface area contributed by atoms with Gasteiger partial charge in [0.25, 0.3) is 0 Å². The van der Waals surface area contributed by atoms with Gasteiger partial charge in [-0.25, -0.2) is 0 Å². The number of fused-ring (bicyclic) bond motifs is 4. The number of hydrogen-bond acceptors (Lipinski definition) is 3. The second-order valence-corrected chi connectivity index (χ2v) is 6.68. The Kier molecular flexibility index (Phi) is 3.06. The Hall–Kier alpha value is -2.79. The third-order valence-electron chi connectivity index (χ3n) is 4.18. The van der Waals surface area contributed by atoms with Gasteiger partial charge in [0, 0.05) is 23.7 Å². The van der Waals surface area contributed by atoms with Crippen LogP contribution in [0.1, 0.15) is 5.56 Å². The zero-order valence-corrected chi connectivity index (χ0v) is 13.6. The first-order valence-electron chi connectivity index (χ1n) is 7.80. The first-order valence-corrected chi connectivity index (χ1v) is 8.78. The minimum absolute atomic E-state index is 0.867. The van der Waals surface area contributed by atoms with E-state index >= 15 is 0 Å². The molecule has 0 spiro atoms. The predicted octanol–water partition coefficient (Wildman–Crippen LogP) is 4.43. The van der Waals surface area contributed by atoms with Crippen molar-refractivity contribution < 1.29 is 0 Å². The molecule has 0 N–H and O–H groups in total. The van der Waals surface area contributed by atoms with Gasteiger partial charge in [-0.15, -0.1) is 10.2 Å². The van der Waals surface area contributed by atoms with Crippen LogP contribution >= 0.6 is 11.8 Å². The lowest BCUT2D eigenvalue weighted by Crippen LogP contribution is -1.90. The van der Waals surface area contributed by atoms with Gasteiger partial charge in [-0.1, -0.05) is 36.0 Å². The summed E-state index contributed by atoms with van der Waals surface area (Å²) in [6.07, 6.45) is 4.24. The van der Waals surface area contributed by atoms with Crippen molar-refractivity contribution >= 4 is 33.8 Å². The molecule has 0 atom stereocenters. The van der Waals surface area contributed by atoms with E-state index < -0.39 is 0 Å². The SMILES string of the molecule is c1ccc2c(c1)ccc1nnc(SCc3cc4ccccn4c3)n12. The van der Waals surface area contributed by atoms with Gasteiger partial charge in [0.2, 0.25) is 0 Å². The van der Waals surface area contributed by atoms with E-state index in [0.29, 0.717) is 0 Å². The van der Waals surface area contributed by atoms with E-state index in [1.807, 2.05) is 12.1 Å². The highest BCUT2D eigenvalue weighted by Crippen LogP contribution is 2.26. The van der Waals surface area contributed by atoms with E-state index in [-0.39, 0.29) is 0 Å². The highest BCUT2D eigenvalue weighted by Gasteiger charge is 2.10. The largest absolute Gasteiger partial charge is 0.324 e. The third kappa shape index (κ3) is 2.17. The number of rotatable bonds is 3. The highest BCUT2D eigenvalue weighted by atomic mass is 32.2. The number of thioether (sulfide) groups is 1. The molecule has 0 bridgehead atoms. The Morgan fingerprint density at radius 2 is 1.83 bits per heavy atom. The zero-order valence-electron chi connectivity index (χ0n) is 12.8. The van der Waals surface area contributed by atoms with Gasteiger partial charge < -0.3 is 4.40 Å². The molecule has 0 saturated carbocycles. The van der Waals surface area contributed by atoms with Crippen LogP contribution < -0.4 is 0 Å². The predicted molar refractivity (Wildman–Crippen MR) is 97.5 cm³/mol. The minimum Gasteiger partial charge on any atom is -0.324 e. The molecule has 0 aliphatic heterocycles. The lowest BCUT2D eigenvalue weighted by Gasteiger charge is -2.04. The monoisotopic (exact) mass is 330 g/mol. The van der Waals surface area contributed by atoms with Crippen molar-refractivity contribution in [3.8, 4) is 0 Å². The van der Waals surface area contributed by atoms with E-state index in [1.165, 1.54) is 16.5 Å². The van der Waals surface area contributed by atoms with Crippen molar-refractivity contribution in [2.45, 2.75) is 10.9 Å². The van der Waals surface area contributed by atoms with Gasteiger partial charge in [0.05, 0.1) is 5.52 Å². The van der Waals surface area contributed by atoms with E-state index in [2.05, 4.69) is 79.9 Å². The number of nitrogens with zero attached hydrogens (tertiary/aromatic N) is 4. The number of benzene rings is 1. The van der Waals surface area contributed by atoms with Crippen LogP contribution in [0.15, 0.2) is 78.2 Å². The molecule has 1 aromatic carbocycles. The number of hydrogen-bond donors (Lipinski definition) is 0. The van der Waals surface area contributed by atoms with Gasteiger partial charge >= 0.3 is 0 Å². The summed E-state index contributed by atoms with van der Waals surface area (Å²) in [6, 6.07) is 20.9. The molecule has 5 aromatic rings. The summed E-state index contributed by atoms with van der Waals surface area (Å²) < 4.78 is 4.28. The quantitative estimate of drug-likeness (QED) is 0.459. The molecular formula is C19H14N4S. The van der Waals surface area contributed by atoms with E-state index in [1.54, 1.807) is 11.8 Å². The van der Waals surface area contributed by atoms with Crippen molar-refractivity contribution in [2.24, 2.45) is 0 Å². The second kappa shape index (κ2) is 5.39. The van der Waals surface area contributed by atoms with Gasteiger partial charge in [0.15, 0.2) is 10.8 Å². The lowest BCUT2D eigenvalue weighted by molar-refractivity contribution is 0.940. The molecule has 4 heterocycles. The summed E-state index contributed by atoms with van der Waals surface area (Å²) in [5, 5.41) is 10.8. The molecular weight excluding hydrogens is 316 g/mol. The van der Waals surface area contributed by atoms with Crippen molar-refractivity contribution in [1.29, 1.82) is 0 Å².